The summed E-state index contributed by atoms with van der Waals surface area (Å²) in [5, 5.41) is 4.45. The Labute approximate surface area is 136 Å². The molecule has 3 heteroatoms. The maximum atomic E-state index is 3.93. The first kappa shape index (κ1) is 15.7. The van der Waals surface area contributed by atoms with Gasteiger partial charge in [-0.25, -0.2) is 0 Å². The van der Waals surface area contributed by atoms with Crippen molar-refractivity contribution in [2.24, 2.45) is 0 Å². The summed E-state index contributed by atoms with van der Waals surface area (Å²) in [5.74, 6) is 0. The third-order valence-corrected chi connectivity index (χ3v) is 7.72. The first-order valence-electron chi connectivity index (χ1n) is 8.51. The molecule has 0 bridgehead atoms. The number of nitrogens with one attached hydrogen (secondary N) is 1. The highest BCUT2D eigenvalue weighted by atomic mass is 28.3. The Bertz CT molecular complexity index is 658. The Balaban J connectivity index is 2.10. The molecule has 0 atom stereocenters. The maximum absolute atomic E-state index is 3.93. The van der Waals surface area contributed by atoms with E-state index in [1.165, 1.54) is 42.4 Å². The first-order chi connectivity index (χ1) is 10.3. The second-order valence-corrected chi connectivity index (χ2v) is 12.2. The second-order valence-electron chi connectivity index (χ2n) is 8.18. The number of hydrogen-bond acceptors (Lipinski definition) is 2. The van der Waals surface area contributed by atoms with Crippen LogP contribution >= 0.6 is 0 Å². The standard InChI is InChI=1S/C19H29N2Si/c1-19(2,3)20-22(4,5)18-14-17(21-12-8-9-13-21)15-10-6-7-11-16(15)18/h6-7,10-11,14,20H,8-9,12-13H2,1-5H3/q-1. The average Bonchev–Trinajstić information content (AvgIpc) is 3.02. The zero-order valence-corrected chi connectivity index (χ0v) is 15.7. The van der Waals surface area contributed by atoms with E-state index in [-0.39, 0.29) is 5.54 Å². The van der Waals surface area contributed by atoms with Gasteiger partial charge in [-0.05, 0) is 39.3 Å². The van der Waals surface area contributed by atoms with Crippen molar-refractivity contribution in [2.75, 3.05) is 18.0 Å². The monoisotopic (exact) mass is 313 g/mol. The van der Waals surface area contributed by atoms with E-state index in [2.05, 4.69) is 74.1 Å². The smallest absolute Gasteiger partial charge is 0.106 e. The van der Waals surface area contributed by atoms with Gasteiger partial charge in [0.2, 0.25) is 0 Å². The topological polar surface area (TPSA) is 15.3 Å². The van der Waals surface area contributed by atoms with Crippen LogP contribution in [0.3, 0.4) is 0 Å². The number of hydrogen-bond donors (Lipinski definition) is 1. The zero-order chi connectivity index (χ0) is 16.0. The molecule has 0 spiro atoms. The largest absolute Gasteiger partial charge is 0.384 e. The van der Waals surface area contributed by atoms with Crippen LogP contribution in [-0.4, -0.2) is 26.9 Å². The molecule has 2 aromatic rings. The molecule has 1 aliphatic heterocycles. The molecular weight excluding hydrogens is 284 g/mol. The molecule has 0 amide bonds. The molecule has 22 heavy (non-hydrogen) atoms. The number of fused-ring (bicyclic) bond motifs is 1. The van der Waals surface area contributed by atoms with Gasteiger partial charge in [0.25, 0.3) is 0 Å². The minimum absolute atomic E-state index is 0.155. The molecule has 1 saturated heterocycles. The van der Waals surface area contributed by atoms with Gasteiger partial charge >= 0.3 is 0 Å². The molecule has 0 unspecified atom stereocenters. The molecule has 1 aliphatic rings. The molecular formula is C19H29N2Si-. The average molecular weight is 314 g/mol. The van der Waals surface area contributed by atoms with Crippen LogP contribution in [0.15, 0.2) is 30.3 Å². The fraction of sp³-hybridized carbons (Fsp3) is 0.526. The highest BCUT2D eigenvalue weighted by Crippen LogP contribution is 2.31. The molecule has 2 aromatic carbocycles. The molecule has 1 N–H and O–H groups in total. The predicted octanol–water partition coefficient (Wildman–Crippen LogP) is 3.96. The van der Waals surface area contributed by atoms with Crippen molar-refractivity contribution in [3.8, 4) is 0 Å². The van der Waals surface area contributed by atoms with Crippen molar-refractivity contribution in [1.29, 1.82) is 0 Å². The van der Waals surface area contributed by atoms with E-state index >= 15 is 0 Å². The minimum atomic E-state index is -1.69. The fourth-order valence-electron chi connectivity index (χ4n) is 3.98. The van der Waals surface area contributed by atoms with Crippen LogP contribution < -0.4 is 15.1 Å². The Morgan fingerprint density at radius 2 is 1.82 bits per heavy atom. The Morgan fingerprint density at radius 1 is 1.14 bits per heavy atom. The summed E-state index contributed by atoms with van der Waals surface area (Å²) >= 11 is 0. The Morgan fingerprint density at radius 3 is 2.45 bits per heavy atom. The van der Waals surface area contributed by atoms with Crippen LogP contribution in [0.5, 0.6) is 0 Å². The molecule has 1 heterocycles. The molecule has 2 nitrogen and oxygen atoms in total. The van der Waals surface area contributed by atoms with E-state index in [0.29, 0.717) is 0 Å². The summed E-state index contributed by atoms with van der Waals surface area (Å²) < 4.78 is 0. The fourth-order valence-corrected chi connectivity index (χ4v) is 7.37. The third-order valence-electron chi connectivity index (χ3n) is 4.58. The summed E-state index contributed by atoms with van der Waals surface area (Å²) in [6, 6.07) is 11.5. The van der Waals surface area contributed by atoms with Gasteiger partial charge in [-0.1, -0.05) is 18.5 Å². The van der Waals surface area contributed by atoms with Gasteiger partial charge in [-0.3, -0.25) is 0 Å². The van der Waals surface area contributed by atoms with Crippen LogP contribution in [0.4, 0.5) is 5.69 Å². The summed E-state index contributed by atoms with van der Waals surface area (Å²) in [7, 11) is -1.69. The minimum Gasteiger partial charge on any atom is -0.384 e. The van der Waals surface area contributed by atoms with Crippen molar-refractivity contribution in [3.05, 3.63) is 30.3 Å². The number of anilines is 1. The van der Waals surface area contributed by atoms with Gasteiger partial charge in [-0.2, -0.15) is 0 Å². The van der Waals surface area contributed by atoms with E-state index in [1.807, 2.05) is 0 Å². The van der Waals surface area contributed by atoms with Crippen molar-refractivity contribution in [1.82, 2.24) is 4.98 Å². The third kappa shape index (κ3) is 2.97. The number of rotatable bonds is 3. The van der Waals surface area contributed by atoms with Gasteiger partial charge < -0.3 is 9.88 Å². The normalized spacial score (nSPS) is 16.7. The SMILES string of the molecule is CC(C)(C)N[Si](C)(C)c1cc(N2CCCC2)[c-]2ccccc12. The first-order valence-corrected chi connectivity index (χ1v) is 11.5. The molecule has 120 valence electrons. The number of benzene rings is 1. The quantitative estimate of drug-likeness (QED) is 0.681. The van der Waals surface area contributed by atoms with Gasteiger partial charge in [0.1, 0.15) is 8.24 Å². The summed E-state index contributed by atoms with van der Waals surface area (Å²) in [4.78, 5) is 6.50. The van der Waals surface area contributed by atoms with Gasteiger partial charge in [-0.15, -0.1) is 40.9 Å². The molecule has 1 fully saturated rings. The van der Waals surface area contributed by atoms with E-state index < -0.39 is 8.24 Å². The summed E-state index contributed by atoms with van der Waals surface area (Å²) in [6.07, 6.45) is 2.66. The van der Waals surface area contributed by atoms with Gasteiger partial charge in [0.05, 0.1) is 0 Å². The van der Waals surface area contributed by atoms with Crippen molar-refractivity contribution >= 4 is 29.9 Å². The van der Waals surface area contributed by atoms with E-state index in [1.54, 1.807) is 5.19 Å². The van der Waals surface area contributed by atoms with E-state index in [0.717, 1.165) is 0 Å². The van der Waals surface area contributed by atoms with Gasteiger partial charge in [0.15, 0.2) is 0 Å². The van der Waals surface area contributed by atoms with E-state index in [4.69, 9.17) is 0 Å². The molecule has 3 rings (SSSR count). The lowest BCUT2D eigenvalue weighted by molar-refractivity contribution is 0.515. The van der Waals surface area contributed by atoms with Crippen molar-refractivity contribution < 1.29 is 0 Å². The second kappa shape index (κ2) is 5.46. The molecule has 0 aliphatic carbocycles. The van der Waals surface area contributed by atoms with Crippen molar-refractivity contribution in [2.45, 2.75) is 52.2 Å². The summed E-state index contributed by atoms with van der Waals surface area (Å²) in [6.45, 7) is 14.1. The zero-order valence-electron chi connectivity index (χ0n) is 14.7. The highest BCUT2D eigenvalue weighted by Gasteiger charge is 2.28. The van der Waals surface area contributed by atoms with Crippen LogP contribution in [-0.2, 0) is 0 Å². The summed E-state index contributed by atoms with van der Waals surface area (Å²) in [5.41, 5.74) is 1.61. The van der Waals surface area contributed by atoms with Gasteiger partial charge in [0, 0.05) is 18.6 Å². The van der Waals surface area contributed by atoms with Crippen molar-refractivity contribution in [3.63, 3.8) is 0 Å². The molecule has 0 radical (unpaired) electrons. The van der Waals surface area contributed by atoms with E-state index in [9.17, 15) is 0 Å². The molecule has 0 saturated carbocycles. The van der Waals surface area contributed by atoms with Crippen LogP contribution in [0.1, 0.15) is 33.6 Å². The van der Waals surface area contributed by atoms with Crippen LogP contribution in [0, 0.1) is 0 Å². The molecule has 0 aromatic heterocycles. The van der Waals surface area contributed by atoms with Crippen LogP contribution in [0.2, 0.25) is 13.1 Å². The lowest BCUT2D eigenvalue weighted by atomic mass is 10.1. The van der Waals surface area contributed by atoms with Crippen LogP contribution in [0.25, 0.3) is 10.8 Å². The predicted molar refractivity (Wildman–Crippen MR) is 101 cm³/mol. The lowest BCUT2D eigenvalue weighted by Crippen LogP contribution is -2.61. The Kier molecular flexibility index (Phi) is 3.90. The maximum Gasteiger partial charge on any atom is 0.106 e. The lowest BCUT2D eigenvalue weighted by Gasteiger charge is -2.36. The highest BCUT2D eigenvalue weighted by molar-refractivity contribution is 6.89. The number of nitrogens with zero attached hydrogens (tertiary/aromatic N) is 1. The Hall–Kier alpha value is -1.19.